The zero-order valence-corrected chi connectivity index (χ0v) is 47.8. The number of hydrogen-bond donors (Lipinski definition) is 0. The molecular weight excluding hydrogens is 935 g/mol. The number of rotatable bonds is 10. The van der Waals surface area contributed by atoms with E-state index < -0.39 is 0 Å². The molecule has 4 heteroatoms. The monoisotopic (exact) mass is 1020 g/mol. The van der Waals surface area contributed by atoms with Crippen LogP contribution in [-0.4, -0.2) is 5.43 Å². The molecule has 0 radical (unpaired) electrons. The molecule has 0 amide bonds. The minimum absolute atomic E-state index is 0. The third-order valence-electron chi connectivity index (χ3n) is 14.7. The van der Waals surface area contributed by atoms with Crippen molar-refractivity contribution in [2.24, 2.45) is 10.8 Å². The van der Waals surface area contributed by atoms with Crippen molar-refractivity contribution in [3.8, 4) is 22.3 Å². The van der Waals surface area contributed by atoms with Crippen LogP contribution in [0.3, 0.4) is 0 Å². The molecular formula is C62H84Cl2SiZr-2. The number of fused-ring (bicyclic) bond motifs is 2. The van der Waals surface area contributed by atoms with E-state index in [0.717, 1.165) is 0 Å². The van der Waals surface area contributed by atoms with Gasteiger partial charge in [-0.3, -0.25) is 0 Å². The summed E-state index contributed by atoms with van der Waals surface area (Å²) in [7, 11) is 0. The zero-order chi connectivity index (χ0) is 46.0. The van der Waals surface area contributed by atoms with Gasteiger partial charge >= 0.3 is 41.9 Å². The molecule has 0 spiro atoms. The van der Waals surface area contributed by atoms with Crippen LogP contribution in [-0.2, 0) is 47.0 Å². The van der Waals surface area contributed by atoms with Gasteiger partial charge in [0.2, 0.25) is 0 Å². The van der Waals surface area contributed by atoms with Gasteiger partial charge in [-0.2, -0.15) is 12.1 Å². The van der Waals surface area contributed by atoms with Crippen molar-refractivity contribution in [2.75, 3.05) is 0 Å². The second kappa shape index (κ2) is 25.6. The van der Waals surface area contributed by atoms with Crippen LogP contribution in [0.1, 0.15) is 180 Å². The number of halogens is 2. The molecule has 0 nitrogen and oxygen atoms in total. The summed E-state index contributed by atoms with van der Waals surface area (Å²) in [6.07, 6.45) is 25.0. The minimum Gasteiger partial charge on any atom is -1.00 e. The summed E-state index contributed by atoms with van der Waals surface area (Å²) in [6, 6.07) is 41.7. The van der Waals surface area contributed by atoms with Gasteiger partial charge in [-0.15, -0.1) is 69.1 Å². The second-order valence-corrected chi connectivity index (χ2v) is 32.0. The predicted molar refractivity (Wildman–Crippen MR) is 282 cm³/mol. The van der Waals surface area contributed by atoms with E-state index in [0.29, 0.717) is 10.8 Å². The average molecular weight is 1020 g/mol. The Balaban J connectivity index is 0.000000260. The van der Waals surface area contributed by atoms with Crippen LogP contribution >= 0.6 is 0 Å². The molecule has 0 aliphatic heterocycles. The van der Waals surface area contributed by atoms with E-state index in [4.69, 9.17) is 0 Å². The third-order valence-corrected chi connectivity index (χ3v) is 14.7. The van der Waals surface area contributed by atoms with Crippen molar-refractivity contribution in [3.63, 3.8) is 0 Å². The van der Waals surface area contributed by atoms with E-state index in [1.807, 2.05) is 0 Å². The Hall–Kier alpha value is -2.22. The molecule has 2 aliphatic carbocycles. The predicted octanol–water partition coefficient (Wildman–Crippen LogP) is 13.2. The molecule has 6 aromatic rings. The van der Waals surface area contributed by atoms with Gasteiger partial charge in [-0.05, 0) is 95.3 Å². The molecule has 2 saturated carbocycles. The molecule has 356 valence electrons. The van der Waals surface area contributed by atoms with E-state index in [1.165, 1.54) is 171 Å². The Bertz CT molecular complexity index is 2230. The van der Waals surface area contributed by atoms with Gasteiger partial charge in [0.15, 0.2) is 0 Å². The Morgan fingerprint density at radius 1 is 0.485 bits per heavy atom. The van der Waals surface area contributed by atoms with Crippen LogP contribution in [0.25, 0.3) is 43.8 Å². The fraction of sp³-hybridized carbons (Fsp3) is 0.516. The molecule has 0 saturated heterocycles. The molecule has 0 aromatic heterocycles. The Kier molecular flexibility index (Phi) is 21.8. The standard InChI is InChI=1S/2C30H39.C2H6Si.2ClH.Zr/c2*1-5-17-30(18-10-6-7-11-19-30)22-23-20-24-13-12-15-25(27(24)21-23)26-14-8-9-16-28(26)29(2,3)4;1-3-2;;;/h2*8-9,12-16,20-21H,5-7,10-11,17-19,22H2,1-4H3;1-2H3;2*1H;/q2*-1;;;;+2/p-2. The summed E-state index contributed by atoms with van der Waals surface area (Å²) in [5.41, 5.74) is 13.1. The smallest absolute Gasteiger partial charge is 1.00 e. The first-order valence-electron chi connectivity index (χ1n) is 25.7. The maximum atomic E-state index is 2.52. The van der Waals surface area contributed by atoms with Gasteiger partial charge < -0.3 is 24.8 Å². The van der Waals surface area contributed by atoms with E-state index in [9.17, 15) is 0 Å². The third kappa shape index (κ3) is 14.9. The van der Waals surface area contributed by atoms with Crippen LogP contribution in [0, 0.1) is 10.8 Å². The Morgan fingerprint density at radius 2 is 0.803 bits per heavy atom. The molecule has 0 unspecified atom stereocenters. The first-order valence-corrected chi connectivity index (χ1v) is 31.8. The minimum atomic E-state index is 0. The number of benzene rings is 4. The quantitative estimate of drug-likeness (QED) is 0.0729. The Labute approximate surface area is 431 Å². The van der Waals surface area contributed by atoms with Gasteiger partial charge in [0, 0.05) is 0 Å². The Morgan fingerprint density at radius 3 is 1.12 bits per heavy atom. The van der Waals surface area contributed by atoms with Crippen molar-refractivity contribution in [1.82, 2.24) is 0 Å². The second-order valence-electron chi connectivity index (χ2n) is 22.6. The largest absolute Gasteiger partial charge is 1.00 e. The molecule has 2 aliphatic rings. The van der Waals surface area contributed by atoms with Crippen LogP contribution in [0.4, 0.5) is 0 Å². The topological polar surface area (TPSA) is 0 Å². The fourth-order valence-electron chi connectivity index (χ4n) is 11.9. The van der Waals surface area contributed by atoms with Crippen LogP contribution in [0.15, 0.2) is 109 Å². The fourth-order valence-corrected chi connectivity index (χ4v) is 11.9. The molecule has 0 heterocycles. The molecule has 66 heavy (non-hydrogen) atoms. The van der Waals surface area contributed by atoms with Crippen LogP contribution < -0.4 is 24.8 Å². The van der Waals surface area contributed by atoms with Crippen LogP contribution in [0.2, 0.25) is 13.1 Å². The first-order chi connectivity index (χ1) is 30.6. The summed E-state index contributed by atoms with van der Waals surface area (Å²) < 4.78 is 0. The maximum Gasteiger partial charge on any atom is -1.00 e. The average Bonchev–Trinajstić information content (AvgIpc) is 3.68. The van der Waals surface area contributed by atoms with Crippen molar-refractivity contribution < 1.29 is 48.1 Å². The summed E-state index contributed by atoms with van der Waals surface area (Å²) in [4.78, 5) is 0. The number of hydrogen-bond acceptors (Lipinski definition) is 0. The molecule has 6 aromatic carbocycles. The van der Waals surface area contributed by atoms with E-state index >= 15 is 0 Å². The SMILES string of the molecule is CCCC1(Cc2cc3c(-c4ccccc4C(C)(C)C)cccc3[cH-]2)CCCCCC1.CCCC1(Cc2cc3c(-c4ccccc4C(C)(C)C)cccc3[cH-]2)CCCCCC1.C[Si](C)=[Zr+2].[Cl-].[Cl-]. The van der Waals surface area contributed by atoms with Gasteiger partial charge in [-0.25, -0.2) is 0 Å². The summed E-state index contributed by atoms with van der Waals surface area (Å²) in [6.45, 7) is 23.3. The molecule has 0 bridgehead atoms. The van der Waals surface area contributed by atoms with Crippen molar-refractivity contribution in [2.45, 2.75) is 195 Å². The summed E-state index contributed by atoms with van der Waals surface area (Å²) in [5, 5.41) is 5.69. The molecule has 0 N–H and O–H groups in total. The first kappa shape index (κ1) is 56.4. The summed E-state index contributed by atoms with van der Waals surface area (Å²) in [5.74, 6) is 0. The van der Waals surface area contributed by atoms with Gasteiger partial charge in [-0.1, -0.05) is 191 Å². The van der Waals surface area contributed by atoms with Crippen molar-refractivity contribution in [3.05, 3.63) is 131 Å². The normalized spacial score (nSPS) is 16.1. The van der Waals surface area contributed by atoms with Crippen molar-refractivity contribution in [1.29, 1.82) is 0 Å². The molecule has 0 atom stereocenters. The van der Waals surface area contributed by atoms with Crippen LogP contribution in [0.5, 0.6) is 0 Å². The van der Waals surface area contributed by atoms with E-state index in [1.54, 1.807) is 34.5 Å². The van der Waals surface area contributed by atoms with E-state index in [-0.39, 0.29) is 41.1 Å². The van der Waals surface area contributed by atoms with Gasteiger partial charge in [0.1, 0.15) is 0 Å². The maximum absolute atomic E-state index is 2.52. The molecule has 8 rings (SSSR count). The van der Waals surface area contributed by atoms with Gasteiger partial charge in [0.25, 0.3) is 0 Å². The molecule has 2 fully saturated rings. The summed E-state index contributed by atoms with van der Waals surface area (Å²) >= 11 is 1.74. The van der Waals surface area contributed by atoms with Gasteiger partial charge in [0.05, 0.1) is 0 Å². The van der Waals surface area contributed by atoms with Crippen molar-refractivity contribution >= 4 is 27.0 Å². The zero-order valence-electron chi connectivity index (χ0n) is 42.9. The van der Waals surface area contributed by atoms with E-state index in [2.05, 4.69) is 178 Å².